The smallest absolute Gasteiger partial charge is 0.310 e. The second-order valence-corrected chi connectivity index (χ2v) is 4.68. The molecule has 5 heteroatoms. The first-order valence-electron chi connectivity index (χ1n) is 6.74. The van der Waals surface area contributed by atoms with Crippen molar-refractivity contribution in [2.24, 2.45) is 11.7 Å². The van der Waals surface area contributed by atoms with Crippen molar-refractivity contribution in [2.45, 2.75) is 38.1 Å². The molecule has 1 aliphatic carbocycles. The first-order valence-corrected chi connectivity index (χ1v) is 6.74. The fourth-order valence-corrected chi connectivity index (χ4v) is 2.17. The summed E-state index contributed by atoms with van der Waals surface area (Å²) in [6, 6.07) is -0.0335. The molecule has 0 spiro atoms. The van der Waals surface area contributed by atoms with Gasteiger partial charge in [0.15, 0.2) is 0 Å². The van der Waals surface area contributed by atoms with Gasteiger partial charge in [-0.3, -0.25) is 4.79 Å². The van der Waals surface area contributed by atoms with Crippen LogP contribution in [0.3, 0.4) is 0 Å². The van der Waals surface area contributed by atoms with Crippen LogP contribution in [0.2, 0.25) is 0 Å². The van der Waals surface area contributed by atoms with E-state index in [4.69, 9.17) is 19.9 Å². The van der Waals surface area contributed by atoms with Crippen LogP contribution in [0.5, 0.6) is 0 Å². The fraction of sp³-hybridized carbons (Fsp3) is 0.923. The zero-order chi connectivity index (χ0) is 13.2. The minimum Gasteiger partial charge on any atom is -0.463 e. The number of hydrogen-bond acceptors (Lipinski definition) is 5. The highest BCUT2D eigenvalue weighted by Crippen LogP contribution is 2.23. The molecule has 1 rings (SSSR count). The van der Waals surface area contributed by atoms with Gasteiger partial charge >= 0.3 is 5.97 Å². The lowest BCUT2D eigenvalue weighted by Crippen LogP contribution is -2.39. The van der Waals surface area contributed by atoms with Gasteiger partial charge in [0.2, 0.25) is 0 Å². The lowest BCUT2D eigenvalue weighted by molar-refractivity contribution is -0.151. The molecule has 106 valence electrons. The maximum absolute atomic E-state index is 11.8. The Hall–Kier alpha value is -0.650. The second kappa shape index (κ2) is 9.30. The molecule has 0 radical (unpaired) electrons. The molecular formula is C13H25NO4. The zero-order valence-electron chi connectivity index (χ0n) is 11.2. The van der Waals surface area contributed by atoms with Gasteiger partial charge in [-0.1, -0.05) is 12.8 Å². The molecule has 18 heavy (non-hydrogen) atoms. The van der Waals surface area contributed by atoms with Crippen molar-refractivity contribution in [3.05, 3.63) is 0 Å². The predicted molar refractivity (Wildman–Crippen MR) is 68.2 cm³/mol. The number of esters is 1. The van der Waals surface area contributed by atoms with Crippen LogP contribution in [-0.2, 0) is 19.0 Å². The van der Waals surface area contributed by atoms with Crippen molar-refractivity contribution in [1.82, 2.24) is 0 Å². The summed E-state index contributed by atoms with van der Waals surface area (Å²) in [7, 11) is 1.66. The van der Waals surface area contributed by atoms with Gasteiger partial charge in [0.05, 0.1) is 12.5 Å². The highest BCUT2D eigenvalue weighted by molar-refractivity contribution is 5.73. The van der Waals surface area contributed by atoms with Gasteiger partial charge in [0.25, 0.3) is 0 Å². The molecule has 0 saturated heterocycles. The largest absolute Gasteiger partial charge is 0.463 e. The van der Waals surface area contributed by atoms with E-state index in [9.17, 15) is 4.79 Å². The molecule has 1 aliphatic rings. The van der Waals surface area contributed by atoms with E-state index >= 15 is 0 Å². The standard InChI is InChI=1S/C13H25NO4/c1-16-7-4-8-17-9-10-18-13(15)11-5-2-3-6-12(11)14/h11-12H,2-10,14H2,1H3. The van der Waals surface area contributed by atoms with Gasteiger partial charge in [-0.2, -0.15) is 0 Å². The monoisotopic (exact) mass is 259 g/mol. The average molecular weight is 259 g/mol. The lowest BCUT2D eigenvalue weighted by atomic mass is 9.85. The molecule has 0 aliphatic heterocycles. The molecule has 2 unspecified atom stereocenters. The number of hydrogen-bond donors (Lipinski definition) is 1. The lowest BCUT2D eigenvalue weighted by Gasteiger charge is -2.26. The number of carbonyl (C=O) groups excluding carboxylic acids is 1. The average Bonchev–Trinajstić information content (AvgIpc) is 2.38. The Labute approximate surface area is 109 Å². The topological polar surface area (TPSA) is 70.8 Å². The van der Waals surface area contributed by atoms with Crippen molar-refractivity contribution in [3.63, 3.8) is 0 Å². The highest BCUT2D eigenvalue weighted by atomic mass is 16.6. The van der Waals surface area contributed by atoms with Crippen LogP contribution in [0.1, 0.15) is 32.1 Å². The van der Waals surface area contributed by atoms with Gasteiger partial charge in [0, 0.05) is 26.4 Å². The Kier molecular flexibility index (Phi) is 7.96. The Morgan fingerprint density at radius 3 is 2.67 bits per heavy atom. The Bertz CT molecular complexity index is 235. The van der Waals surface area contributed by atoms with E-state index in [1.54, 1.807) is 7.11 Å². The summed E-state index contributed by atoms with van der Waals surface area (Å²) in [5, 5.41) is 0. The third-order valence-corrected chi connectivity index (χ3v) is 3.23. The van der Waals surface area contributed by atoms with E-state index in [2.05, 4.69) is 0 Å². The van der Waals surface area contributed by atoms with Gasteiger partial charge in [-0.05, 0) is 19.3 Å². The maximum atomic E-state index is 11.8. The summed E-state index contributed by atoms with van der Waals surface area (Å²) in [5.74, 6) is -0.282. The summed E-state index contributed by atoms with van der Waals surface area (Å²) in [4.78, 5) is 11.8. The summed E-state index contributed by atoms with van der Waals surface area (Å²) in [5.41, 5.74) is 5.92. The van der Waals surface area contributed by atoms with Crippen molar-refractivity contribution >= 4 is 5.97 Å². The van der Waals surface area contributed by atoms with Gasteiger partial charge < -0.3 is 19.9 Å². The van der Waals surface area contributed by atoms with Crippen LogP contribution in [0.4, 0.5) is 0 Å². The highest BCUT2D eigenvalue weighted by Gasteiger charge is 2.29. The van der Waals surface area contributed by atoms with Crippen LogP contribution < -0.4 is 5.73 Å². The number of nitrogens with two attached hydrogens (primary N) is 1. The fourth-order valence-electron chi connectivity index (χ4n) is 2.17. The summed E-state index contributed by atoms with van der Waals surface area (Å²) in [6.07, 6.45) is 4.83. The van der Waals surface area contributed by atoms with Crippen LogP contribution in [-0.4, -0.2) is 45.5 Å². The predicted octanol–water partition coefficient (Wildman–Crippen LogP) is 1.10. The van der Waals surface area contributed by atoms with E-state index in [1.165, 1.54) is 0 Å². The molecule has 0 aromatic carbocycles. The summed E-state index contributed by atoms with van der Waals surface area (Å²) < 4.78 is 15.4. The quantitative estimate of drug-likeness (QED) is 0.522. The number of ether oxygens (including phenoxy) is 3. The summed E-state index contributed by atoms with van der Waals surface area (Å²) >= 11 is 0. The minimum absolute atomic E-state index is 0.0335. The van der Waals surface area contributed by atoms with E-state index in [0.29, 0.717) is 26.4 Å². The van der Waals surface area contributed by atoms with E-state index in [-0.39, 0.29) is 17.9 Å². The molecule has 0 heterocycles. The number of rotatable bonds is 8. The molecular weight excluding hydrogens is 234 g/mol. The molecule has 0 aromatic heterocycles. The van der Waals surface area contributed by atoms with Crippen LogP contribution in [0.25, 0.3) is 0 Å². The zero-order valence-corrected chi connectivity index (χ0v) is 11.2. The Morgan fingerprint density at radius 2 is 1.94 bits per heavy atom. The normalized spacial score (nSPS) is 23.9. The van der Waals surface area contributed by atoms with Crippen molar-refractivity contribution in [2.75, 3.05) is 33.5 Å². The van der Waals surface area contributed by atoms with Gasteiger partial charge in [-0.25, -0.2) is 0 Å². The van der Waals surface area contributed by atoms with Crippen LogP contribution in [0.15, 0.2) is 0 Å². The molecule has 1 fully saturated rings. The second-order valence-electron chi connectivity index (χ2n) is 4.68. The SMILES string of the molecule is COCCCOCCOC(=O)C1CCCCC1N. The molecule has 1 saturated carbocycles. The van der Waals surface area contributed by atoms with Crippen molar-refractivity contribution in [1.29, 1.82) is 0 Å². The molecule has 2 N–H and O–H groups in total. The van der Waals surface area contributed by atoms with Gasteiger partial charge in [-0.15, -0.1) is 0 Å². The Morgan fingerprint density at radius 1 is 1.17 bits per heavy atom. The van der Waals surface area contributed by atoms with Crippen molar-refractivity contribution in [3.8, 4) is 0 Å². The first-order chi connectivity index (χ1) is 8.75. The van der Waals surface area contributed by atoms with Crippen LogP contribution in [0, 0.1) is 5.92 Å². The third kappa shape index (κ3) is 5.80. The Balaban J connectivity index is 2.02. The molecule has 0 bridgehead atoms. The molecule has 2 atom stereocenters. The first kappa shape index (κ1) is 15.4. The number of carbonyl (C=O) groups is 1. The molecule has 0 aromatic rings. The minimum atomic E-state index is -0.164. The van der Waals surface area contributed by atoms with E-state index in [1.807, 2.05) is 0 Å². The van der Waals surface area contributed by atoms with Crippen LogP contribution >= 0.6 is 0 Å². The number of methoxy groups -OCH3 is 1. The third-order valence-electron chi connectivity index (χ3n) is 3.23. The molecule has 5 nitrogen and oxygen atoms in total. The maximum Gasteiger partial charge on any atom is 0.310 e. The summed E-state index contributed by atoms with van der Waals surface area (Å²) in [6.45, 7) is 2.08. The van der Waals surface area contributed by atoms with Crippen molar-refractivity contribution < 1.29 is 19.0 Å². The molecule has 0 amide bonds. The van der Waals surface area contributed by atoms with E-state index < -0.39 is 0 Å². The van der Waals surface area contributed by atoms with E-state index in [0.717, 1.165) is 32.1 Å². The van der Waals surface area contributed by atoms with Gasteiger partial charge in [0.1, 0.15) is 6.61 Å².